The van der Waals surface area contributed by atoms with Gasteiger partial charge in [-0.15, -0.1) is 0 Å². The molecule has 1 rings (SSSR count). The van der Waals surface area contributed by atoms with Gasteiger partial charge in [-0.25, -0.2) is 0 Å². The van der Waals surface area contributed by atoms with Crippen molar-refractivity contribution in [1.29, 1.82) is 10.5 Å². The maximum absolute atomic E-state index is 8.90. The molecule has 0 saturated carbocycles. The highest BCUT2D eigenvalue weighted by Gasteiger charge is 2.16. The van der Waals surface area contributed by atoms with E-state index in [0.29, 0.717) is 18.5 Å². The summed E-state index contributed by atoms with van der Waals surface area (Å²) in [6.07, 6.45) is 0.425. The maximum atomic E-state index is 8.90. The number of halogens is 1. The highest BCUT2D eigenvalue weighted by molar-refractivity contribution is 7.10. The Morgan fingerprint density at radius 3 is 2.80 bits per heavy atom. The van der Waals surface area contributed by atoms with E-state index in [9.17, 15) is 0 Å². The van der Waals surface area contributed by atoms with E-state index in [0.717, 1.165) is 11.5 Å². The van der Waals surface area contributed by atoms with Gasteiger partial charge in [-0.05, 0) is 18.5 Å². The van der Waals surface area contributed by atoms with Gasteiger partial charge in [-0.3, -0.25) is 0 Å². The molecule has 0 fully saturated rings. The van der Waals surface area contributed by atoms with Crippen LogP contribution in [-0.4, -0.2) is 17.5 Å². The van der Waals surface area contributed by atoms with Gasteiger partial charge in [0.25, 0.3) is 0 Å². The molecule has 1 aromatic heterocycles. The third-order valence-electron chi connectivity index (χ3n) is 1.91. The summed E-state index contributed by atoms with van der Waals surface area (Å²) in [5.74, 6) is 0. The Morgan fingerprint density at radius 2 is 2.27 bits per heavy atom. The standard InChI is InChI=1S/C9H9ClN4S/c1-2-14(5-3-4-11)9-7(6-12)8(10)13-15-9/h2-3,5H2,1H3. The molecule has 0 radical (unpaired) electrons. The minimum Gasteiger partial charge on any atom is -0.360 e. The summed E-state index contributed by atoms with van der Waals surface area (Å²) in [5, 5.41) is 18.4. The molecular weight excluding hydrogens is 232 g/mol. The van der Waals surface area contributed by atoms with Gasteiger partial charge < -0.3 is 4.90 Å². The minimum atomic E-state index is 0.243. The van der Waals surface area contributed by atoms with Gasteiger partial charge in [-0.2, -0.15) is 14.9 Å². The van der Waals surface area contributed by atoms with Crippen molar-refractivity contribution in [3.05, 3.63) is 10.7 Å². The van der Waals surface area contributed by atoms with Crippen LogP contribution in [0.25, 0.3) is 0 Å². The second-order valence-electron chi connectivity index (χ2n) is 2.75. The SMILES string of the molecule is CCN(CCC#N)c1snc(Cl)c1C#N. The van der Waals surface area contributed by atoms with Crippen molar-refractivity contribution >= 4 is 28.1 Å². The Hall–Kier alpha value is -1.30. The molecule has 0 aliphatic carbocycles. The molecule has 0 aromatic carbocycles. The van der Waals surface area contributed by atoms with Gasteiger partial charge in [0.2, 0.25) is 0 Å². The van der Waals surface area contributed by atoms with E-state index in [1.165, 1.54) is 11.5 Å². The Balaban J connectivity index is 2.93. The lowest BCUT2D eigenvalue weighted by molar-refractivity contribution is 0.834. The van der Waals surface area contributed by atoms with E-state index in [4.69, 9.17) is 22.1 Å². The largest absolute Gasteiger partial charge is 0.360 e. The van der Waals surface area contributed by atoms with Crippen LogP contribution >= 0.6 is 23.1 Å². The number of nitrogens with zero attached hydrogens (tertiary/aromatic N) is 4. The summed E-state index contributed by atoms with van der Waals surface area (Å²) in [5.41, 5.74) is 0.404. The average molecular weight is 241 g/mol. The van der Waals surface area contributed by atoms with Crippen molar-refractivity contribution in [3.8, 4) is 12.1 Å². The fraction of sp³-hybridized carbons (Fsp3) is 0.444. The van der Waals surface area contributed by atoms with E-state index < -0.39 is 0 Å². The predicted octanol–water partition coefficient (Wildman–Crippen LogP) is 2.41. The molecule has 0 aliphatic heterocycles. The molecule has 0 amide bonds. The van der Waals surface area contributed by atoms with E-state index in [1.54, 1.807) is 0 Å². The van der Waals surface area contributed by atoms with Crippen LogP contribution in [-0.2, 0) is 0 Å². The second kappa shape index (κ2) is 5.55. The molecular formula is C9H9ClN4S. The third-order valence-corrected chi connectivity index (χ3v) is 3.19. The van der Waals surface area contributed by atoms with Gasteiger partial charge in [0.1, 0.15) is 16.6 Å². The first-order chi connectivity index (χ1) is 7.24. The van der Waals surface area contributed by atoms with Crippen molar-refractivity contribution in [3.63, 3.8) is 0 Å². The predicted molar refractivity (Wildman–Crippen MR) is 60.0 cm³/mol. The summed E-state index contributed by atoms with van der Waals surface area (Å²) in [6, 6.07) is 4.10. The second-order valence-corrected chi connectivity index (χ2v) is 3.86. The lowest BCUT2D eigenvalue weighted by Crippen LogP contribution is -2.23. The first-order valence-corrected chi connectivity index (χ1v) is 5.56. The molecule has 0 aliphatic rings. The topological polar surface area (TPSA) is 63.7 Å². The van der Waals surface area contributed by atoms with E-state index in [1.807, 2.05) is 17.9 Å². The molecule has 0 atom stereocenters. The highest BCUT2D eigenvalue weighted by atomic mass is 35.5. The molecule has 4 nitrogen and oxygen atoms in total. The van der Waals surface area contributed by atoms with Crippen LogP contribution in [0.4, 0.5) is 5.00 Å². The summed E-state index contributed by atoms with van der Waals surface area (Å²) in [4.78, 5) is 1.94. The molecule has 0 unspecified atom stereocenters. The van der Waals surface area contributed by atoms with Gasteiger partial charge in [0.05, 0.1) is 12.5 Å². The van der Waals surface area contributed by atoms with Crippen LogP contribution in [0.2, 0.25) is 5.15 Å². The summed E-state index contributed by atoms with van der Waals surface area (Å²) in [6.45, 7) is 3.29. The molecule has 15 heavy (non-hydrogen) atoms. The molecule has 0 spiro atoms. The Labute approximate surface area is 97.5 Å². The smallest absolute Gasteiger partial charge is 0.162 e. The number of anilines is 1. The van der Waals surface area contributed by atoms with E-state index in [-0.39, 0.29) is 5.15 Å². The highest BCUT2D eigenvalue weighted by Crippen LogP contribution is 2.30. The normalized spacial score (nSPS) is 9.33. The zero-order valence-electron chi connectivity index (χ0n) is 8.20. The first-order valence-electron chi connectivity index (χ1n) is 4.41. The molecule has 78 valence electrons. The zero-order chi connectivity index (χ0) is 11.3. The van der Waals surface area contributed by atoms with Gasteiger partial charge in [0, 0.05) is 13.1 Å². The van der Waals surface area contributed by atoms with Crippen molar-refractivity contribution < 1.29 is 0 Å². The quantitative estimate of drug-likeness (QED) is 0.811. The average Bonchev–Trinajstić information content (AvgIpc) is 2.61. The van der Waals surface area contributed by atoms with Crippen molar-refractivity contribution in [2.75, 3.05) is 18.0 Å². The van der Waals surface area contributed by atoms with Crippen LogP contribution in [0.3, 0.4) is 0 Å². The number of rotatable bonds is 4. The lowest BCUT2D eigenvalue weighted by Gasteiger charge is -2.19. The molecule has 0 N–H and O–H groups in total. The summed E-state index contributed by atoms with van der Waals surface area (Å²) < 4.78 is 3.92. The zero-order valence-corrected chi connectivity index (χ0v) is 9.77. The van der Waals surface area contributed by atoms with Crippen LogP contribution in [0, 0.1) is 22.7 Å². The minimum absolute atomic E-state index is 0.243. The van der Waals surface area contributed by atoms with Crippen LogP contribution in [0.1, 0.15) is 18.9 Å². The number of hydrogen-bond acceptors (Lipinski definition) is 5. The van der Waals surface area contributed by atoms with Gasteiger partial charge in [0.15, 0.2) is 5.15 Å². The van der Waals surface area contributed by atoms with E-state index in [2.05, 4.69) is 10.4 Å². The summed E-state index contributed by atoms with van der Waals surface area (Å²) >= 11 is 6.96. The maximum Gasteiger partial charge on any atom is 0.162 e. The van der Waals surface area contributed by atoms with Crippen molar-refractivity contribution in [2.24, 2.45) is 0 Å². The third kappa shape index (κ3) is 2.59. The molecule has 0 saturated heterocycles. The Morgan fingerprint density at radius 1 is 1.53 bits per heavy atom. The van der Waals surface area contributed by atoms with Crippen LogP contribution < -0.4 is 4.90 Å². The van der Waals surface area contributed by atoms with Crippen molar-refractivity contribution in [1.82, 2.24) is 4.37 Å². The summed E-state index contributed by atoms with van der Waals surface area (Å²) in [7, 11) is 0. The molecule has 1 heterocycles. The van der Waals surface area contributed by atoms with Gasteiger partial charge in [-0.1, -0.05) is 11.6 Å². The number of hydrogen-bond donors (Lipinski definition) is 0. The Bertz CT molecular complexity index is 415. The fourth-order valence-corrected chi connectivity index (χ4v) is 2.28. The van der Waals surface area contributed by atoms with Crippen LogP contribution in [0.5, 0.6) is 0 Å². The monoisotopic (exact) mass is 240 g/mol. The molecule has 6 heteroatoms. The number of nitriles is 2. The molecule has 0 bridgehead atoms. The van der Waals surface area contributed by atoms with Gasteiger partial charge >= 0.3 is 0 Å². The first kappa shape index (κ1) is 11.8. The van der Waals surface area contributed by atoms with Crippen LogP contribution in [0.15, 0.2) is 0 Å². The van der Waals surface area contributed by atoms with E-state index >= 15 is 0 Å². The van der Waals surface area contributed by atoms with Crippen molar-refractivity contribution in [2.45, 2.75) is 13.3 Å². The molecule has 1 aromatic rings. The number of aromatic nitrogens is 1. The lowest BCUT2D eigenvalue weighted by atomic mass is 10.3. The Kier molecular flexibility index (Phi) is 4.36. The fourth-order valence-electron chi connectivity index (χ4n) is 1.16.